The van der Waals surface area contributed by atoms with E-state index in [4.69, 9.17) is 16.3 Å². The topological polar surface area (TPSA) is 38.3 Å². The summed E-state index contributed by atoms with van der Waals surface area (Å²) in [5, 5.41) is 4.14. The average molecular weight is 358 g/mol. The van der Waals surface area contributed by atoms with Crippen LogP contribution in [0.15, 0.2) is 48.5 Å². The number of ketones is 1. The zero-order valence-electron chi connectivity index (χ0n) is 14.5. The molecule has 0 spiro atoms. The average Bonchev–Trinajstić information content (AvgIpc) is 2.64. The molecule has 4 heteroatoms. The van der Waals surface area contributed by atoms with E-state index in [-0.39, 0.29) is 5.78 Å². The Hall–Kier alpha value is -1.84. The summed E-state index contributed by atoms with van der Waals surface area (Å²) in [7, 11) is 1.68. The molecule has 3 nitrogen and oxygen atoms in total. The van der Waals surface area contributed by atoms with Crippen LogP contribution in [-0.2, 0) is 11.2 Å². The van der Waals surface area contributed by atoms with Gasteiger partial charge in [-0.1, -0.05) is 35.9 Å². The third-order valence-corrected chi connectivity index (χ3v) is 5.21. The van der Waals surface area contributed by atoms with E-state index in [1.807, 2.05) is 36.4 Å². The van der Waals surface area contributed by atoms with Crippen LogP contribution in [0.3, 0.4) is 0 Å². The Labute approximate surface area is 154 Å². The number of carbonyl (C=O) groups is 1. The number of carbonyl (C=O) groups excluding carboxylic acids is 1. The van der Waals surface area contributed by atoms with Crippen molar-refractivity contribution in [3.8, 4) is 5.75 Å². The predicted molar refractivity (Wildman–Crippen MR) is 101 cm³/mol. The molecule has 1 unspecified atom stereocenters. The van der Waals surface area contributed by atoms with Gasteiger partial charge in [0.1, 0.15) is 11.5 Å². The van der Waals surface area contributed by atoms with Crippen LogP contribution in [0.2, 0.25) is 5.02 Å². The number of piperidine rings is 1. The number of methoxy groups -OCH3 is 1. The number of halogens is 1. The molecule has 1 saturated heterocycles. The van der Waals surface area contributed by atoms with Crippen LogP contribution in [-0.4, -0.2) is 26.0 Å². The van der Waals surface area contributed by atoms with Gasteiger partial charge in [-0.15, -0.1) is 0 Å². The molecule has 1 heterocycles. The van der Waals surface area contributed by atoms with Gasteiger partial charge < -0.3 is 10.1 Å². The summed E-state index contributed by atoms with van der Waals surface area (Å²) in [6.45, 7) is 1.89. The highest BCUT2D eigenvalue weighted by Crippen LogP contribution is 2.33. The lowest BCUT2D eigenvalue weighted by Gasteiger charge is -2.32. The molecule has 0 aliphatic carbocycles. The van der Waals surface area contributed by atoms with Crippen LogP contribution in [0.25, 0.3) is 0 Å². The zero-order chi connectivity index (χ0) is 17.6. The maximum atomic E-state index is 12.6. The lowest BCUT2D eigenvalue weighted by Crippen LogP contribution is -2.36. The van der Waals surface area contributed by atoms with E-state index in [0.717, 1.165) is 30.8 Å². The van der Waals surface area contributed by atoms with Gasteiger partial charge in [0.2, 0.25) is 0 Å². The van der Waals surface area contributed by atoms with Gasteiger partial charge in [-0.25, -0.2) is 0 Å². The Morgan fingerprint density at radius 1 is 1.16 bits per heavy atom. The first-order valence-electron chi connectivity index (χ1n) is 8.76. The van der Waals surface area contributed by atoms with Crippen molar-refractivity contribution in [1.82, 2.24) is 5.32 Å². The number of hydrogen-bond donors (Lipinski definition) is 1. The Morgan fingerprint density at radius 3 is 2.56 bits per heavy atom. The second kappa shape index (κ2) is 8.50. The third kappa shape index (κ3) is 4.83. The second-order valence-corrected chi connectivity index (χ2v) is 7.12. The van der Waals surface area contributed by atoms with Gasteiger partial charge in [0.15, 0.2) is 0 Å². The number of ether oxygens (including phenoxy) is 1. The molecule has 2 atom stereocenters. The summed E-state index contributed by atoms with van der Waals surface area (Å²) in [5.41, 5.74) is 2.32. The number of hydrogen-bond acceptors (Lipinski definition) is 3. The van der Waals surface area contributed by atoms with Crippen LogP contribution in [0, 0.1) is 5.92 Å². The van der Waals surface area contributed by atoms with Gasteiger partial charge >= 0.3 is 0 Å². The molecular weight excluding hydrogens is 334 g/mol. The maximum Gasteiger partial charge on any atom is 0.137 e. The van der Waals surface area contributed by atoms with Gasteiger partial charge in [0.25, 0.3) is 0 Å². The first kappa shape index (κ1) is 18.0. The highest BCUT2D eigenvalue weighted by atomic mass is 35.5. The van der Waals surface area contributed by atoms with E-state index in [2.05, 4.69) is 17.4 Å². The van der Waals surface area contributed by atoms with Crippen molar-refractivity contribution in [3.05, 3.63) is 64.7 Å². The summed E-state index contributed by atoms with van der Waals surface area (Å²) in [4.78, 5) is 12.6. The molecule has 1 N–H and O–H groups in total. The second-order valence-electron chi connectivity index (χ2n) is 6.68. The Kier molecular flexibility index (Phi) is 6.11. The van der Waals surface area contributed by atoms with E-state index in [0.29, 0.717) is 29.7 Å². The Morgan fingerprint density at radius 2 is 1.88 bits per heavy atom. The zero-order valence-corrected chi connectivity index (χ0v) is 15.3. The number of benzene rings is 2. The van der Waals surface area contributed by atoms with Gasteiger partial charge in [-0.2, -0.15) is 0 Å². The quantitative estimate of drug-likeness (QED) is 0.840. The van der Waals surface area contributed by atoms with Crippen LogP contribution in [0.5, 0.6) is 5.75 Å². The summed E-state index contributed by atoms with van der Waals surface area (Å²) < 4.78 is 5.25. The lowest BCUT2D eigenvalue weighted by molar-refractivity contribution is -0.119. The standard InChI is InChI=1S/C21H24ClNO2/c1-25-20-8-4-16(5-9-20)21-10-11-23-14-17(21)13-19(24)12-15-2-6-18(22)7-3-15/h2-9,17,21,23H,10-14H2,1H3/t17-,21?/m1/s1. The SMILES string of the molecule is COc1ccc(C2CCNC[C@H]2CC(=O)Cc2ccc(Cl)cc2)cc1. The van der Waals surface area contributed by atoms with Crippen molar-refractivity contribution >= 4 is 17.4 Å². The van der Waals surface area contributed by atoms with Crippen LogP contribution >= 0.6 is 11.6 Å². The van der Waals surface area contributed by atoms with Gasteiger partial charge in [0.05, 0.1) is 7.11 Å². The summed E-state index contributed by atoms with van der Waals surface area (Å²) in [6.07, 6.45) is 2.14. The molecule has 0 amide bonds. The number of Topliss-reactive ketones (excluding diaryl/α,β-unsaturated/α-hetero) is 1. The Bertz CT molecular complexity index is 697. The number of nitrogens with one attached hydrogen (secondary N) is 1. The highest BCUT2D eigenvalue weighted by Gasteiger charge is 2.28. The molecule has 132 valence electrons. The minimum Gasteiger partial charge on any atom is -0.497 e. The van der Waals surface area contributed by atoms with Crippen molar-refractivity contribution in [3.63, 3.8) is 0 Å². The molecule has 1 fully saturated rings. The molecule has 0 radical (unpaired) electrons. The fourth-order valence-electron chi connectivity index (χ4n) is 3.62. The van der Waals surface area contributed by atoms with E-state index in [1.54, 1.807) is 7.11 Å². The van der Waals surface area contributed by atoms with E-state index in [1.165, 1.54) is 5.56 Å². The third-order valence-electron chi connectivity index (χ3n) is 4.96. The van der Waals surface area contributed by atoms with Crippen LogP contribution < -0.4 is 10.1 Å². The van der Waals surface area contributed by atoms with Gasteiger partial charge in [0, 0.05) is 17.9 Å². The van der Waals surface area contributed by atoms with E-state index >= 15 is 0 Å². The maximum absolute atomic E-state index is 12.6. The van der Waals surface area contributed by atoms with Gasteiger partial charge in [-0.3, -0.25) is 4.79 Å². The van der Waals surface area contributed by atoms with Crippen molar-refractivity contribution < 1.29 is 9.53 Å². The van der Waals surface area contributed by atoms with Crippen molar-refractivity contribution in [2.24, 2.45) is 5.92 Å². The lowest BCUT2D eigenvalue weighted by atomic mass is 9.78. The van der Waals surface area contributed by atoms with Crippen molar-refractivity contribution in [1.29, 1.82) is 0 Å². The molecule has 1 aliphatic rings. The van der Waals surface area contributed by atoms with Crippen molar-refractivity contribution in [2.75, 3.05) is 20.2 Å². The van der Waals surface area contributed by atoms with Crippen LogP contribution in [0.1, 0.15) is 29.9 Å². The van der Waals surface area contributed by atoms with Crippen molar-refractivity contribution in [2.45, 2.75) is 25.2 Å². The first-order valence-corrected chi connectivity index (χ1v) is 9.14. The molecule has 0 saturated carbocycles. The highest BCUT2D eigenvalue weighted by molar-refractivity contribution is 6.30. The molecular formula is C21H24ClNO2. The minimum absolute atomic E-state index is 0.287. The largest absolute Gasteiger partial charge is 0.497 e. The summed E-state index contributed by atoms with van der Waals surface area (Å²) in [5.74, 6) is 1.91. The smallest absolute Gasteiger partial charge is 0.137 e. The summed E-state index contributed by atoms with van der Waals surface area (Å²) in [6, 6.07) is 15.8. The fraction of sp³-hybridized carbons (Fsp3) is 0.381. The van der Waals surface area contributed by atoms with E-state index < -0.39 is 0 Å². The molecule has 3 rings (SSSR count). The molecule has 0 bridgehead atoms. The Balaban J connectivity index is 1.65. The molecule has 0 aromatic heterocycles. The molecule has 1 aliphatic heterocycles. The predicted octanol–water partition coefficient (Wildman–Crippen LogP) is 4.24. The van der Waals surface area contributed by atoms with Crippen LogP contribution in [0.4, 0.5) is 0 Å². The normalized spacial score (nSPS) is 20.2. The minimum atomic E-state index is 0.287. The molecule has 2 aromatic carbocycles. The summed E-state index contributed by atoms with van der Waals surface area (Å²) >= 11 is 5.91. The number of rotatable bonds is 6. The molecule has 2 aromatic rings. The fourth-order valence-corrected chi connectivity index (χ4v) is 3.75. The van der Waals surface area contributed by atoms with Gasteiger partial charge in [-0.05, 0) is 66.7 Å². The monoisotopic (exact) mass is 357 g/mol. The molecule has 25 heavy (non-hydrogen) atoms. The van der Waals surface area contributed by atoms with E-state index in [9.17, 15) is 4.79 Å². The first-order chi connectivity index (χ1) is 12.2.